The van der Waals surface area contributed by atoms with Crippen molar-refractivity contribution in [1.29, 1.82) is 0 Å². The van der Waals surface area contributed by atoms with Crippen LogP contribution in [-0.4, -0.2) is 60.2 Å². The van der Waals surface area contributed by atoms with Crippen LogP contribution in [0.2, 0.25) is 0 Å². The SMILES string of the molecule is Cc1c(Nc2nc(C3CC3)c(-c3cccc4c3ncn4C)nc2C(N)=O)cnn1C1CCN(C)CC1. The third-order valence-electron chi connectivity index (χ3n) is 7.46. The van der Waals surface area contributed by atoms with E-state index in [9.17, 15) is 4.79 Å². The molecule has 36 heavy (non-hydrogen) atoms. The molecule has 186 valence electrons. The van der Waals surface area contributed by atoms with Crippen molar-refractivity contribution in [2.45, 2.75) is 44.6 Å². The summed E-state index contributed by atoms with van der Waals surface area (Å²) in [6.07, 6.45) is 7.80. The van der Waals surface area contributed by atoms with Gasteiger partial charge in [-0.25, -0.2) is 15.0 Å². The zero-order valence-corrected chi connectivity index (χ0v) is 20.9. The van der Waals surface area contributed by atoms with Gasteiger partial charge in [0.2, 0.25) is 0 Å². The molecule has 10 nitrogen and oxygen atoms in total. The molecule has 1 amide bonds. The summed E-state index contributed by atoms with van der Waals surface area (Å²) in [6.45, 7) is 4.15. The van der Waals surface area contributed by atoms with E-state index in [-0.39, 0.29) is 5.69 Å². The molecule has 0 bridgehead atoms. The van der Waals surface area contributed by atoms with E-state index in [0.29, 0.717) is 23.5 Å². The number of aromatic nitrogens is 6. The van der Waals surface area contributed by atoms with E-state index in [4.69, 9.17) is 15.7 Å². The van der Waals surface area contributed by atoms with Gasteiger partial charge in [-0.1, -0.05) is 12.1 Å². The molecule has 3 N–H and O–H groups in total. The van der Waals surface area contributed by atoms with Crippen LogP contribution < -0.4 is 11.1 Å². The fourth-order valence-corrected chi connectivity index (χ4v) is 5.18. The lowest BCUT2D eigenvalue weighted by molar-refractivity contribution is 0.0996. The number of nitrogens with zero attached hydrogens (tertiary/aromatic N) is 7. The Bertz CT molecular complexity index is 1460. The van der Waals surface area contributed by atoms with Gasteiger partial charge >= 0.3 is 0 Å². The van der Waals surface area contributed by atoms with E-state index < -0.39 is 5.91 Å². The fraction of sp³-hybridized carbons (Fsp3) is 0.423. The first-order valence-electron chi connectivity index (χ1n) is 12.5. The molecule has 4 aromatic rings. The molecule has 1 saturated carbocycles. The number of carbonyl (C=O) groups excluding carboxylic acids is 1. The number of carbonyl (C=O) groups is 1. The number of fused-ring (bicyclic) bond motifs is 1. The Kier molecular flexibility index (Phi) is 5.48. The van der Waals surface area contributed by atoms with Crippen LogP contribution in [0.15, 0.2) is 30.7 Å². The van der Waals surface area contributed by atoms with Gasteiger partial charge in [-0.3, -0.25) is 9.48 Å². The topological polar surface area (TPSA) is 120 Å². The van der Waals surface area contributed by atoms with Gasteiger partial charge in [0.25, 0.3) is 5.91 Å². The van der Waals surface area contributed by atoms with Gasteiger partial charge in [0.15, 0.2) is 11.5 Å². The number of nitrogens with two attached hydrogens (primary N) is 1. The van der Waals surface area contributed by atoms with E-state index in [1.165, 1.54) is 0 Å². The highest BCUT2D eigenvalue weighted by Gasteiger charge is 2.32. The zero-order chi connectivity index (χ0) is 25.0. The van der Waals surface area contributed by atoms with Crippen LogP contribution in [0.4, 0.5) is 11.5 Å². The van der Waals surface area contributed by atoms with Gasteiger partial charge in [0, 0.05) is 18.5 Å². The lowest BCUT2D eigenvalue weighted by Crippen LogP contribution is -2.32. The maximum absolute atomic E-state index is 12.6. The number of piperidine rings is 1. The number of amides is 1. The summed E-state index contributed by atoms with van der Waals surface area (Å²) in [6, 6.07) is 6.35. The van der Waals surface area contributed by atoms with E-state index in [2.05, 4.69) is 32.0 Å². The summed E-state index contributed by atoms with van der Waals surface area (Å²) in [4.78, 5) is 29.3. The highest BCUT2D eigenvalue weighted by molar-refractivity contribution is 5.98. The number of rotatable bonds is 6. The minimum Gasteiger partial charge on any atom is -0.364 e. The quantitative estimate of drug-likeness (QED) is 0.429. The monoisotopic (exact) mass is 485 g/mol. The highest BCUT2D eigenvalue weighted by atomic mass is 16.1. The van der Waals surface area contributed by atoms with Crippen molar-refractivity contribution in [2.24, 2.45) is 12.8 Å². The molecule has 1 saturated heterocycles. The number of aryl methyl sites for hydroxylation is 1. The second-order valence-electron chi connectivity index (χ2n) is 10.1. The predicted octanol–water partition coefficient (Wildman–Crippen LogP) is 3.52. The maximum atomic E-state index is 12.6. The molecule has 2 aliphatic rings. The van der Waals surface area contributed by atoms with Gasteiger partial charge in [-0.2, -0.15) is 5.10 Å². The molecule has 0 radical (unpaired) electrons. The Hall–Kier alpha value is -3.79. The normalized spacial score (nSPS) is 17.1. The molecule has 2 fully saturated rings. The molecule has 1 aliphatic carbocycles. The van der Waals surface area contributed by atoms with Crippen LogP contribution in [0.1, 0.15) is 59.5 Å². The van der Waals surface area contributed by atoms with Gasteiger partial charge in [0.05, 0.1) is 52.4 Å². The first kappa shape index (κ1) is 22.7. The Balaban J connectivity index is 1.41. The summed E-state index contributed by atoms with van der Waals surface area (Å²) in [5.41, 5.74) is 12.0. The van der Waals surface area contributed by atoms with Gasteiger partial charge in [-0.15, -0.1) is 0 Å². The third kappa shape index (κ3) is 3.91. The standard InChI is InChI=1S/C26H31N9O/c1-15-19(13-29-35(15)17-9-11-33(2)12-10-17)30-26-24(25(27)36)31-23(21(32-26)16-7-8-16)18-5-4-6-20-22(18)28-14-34(20)3/h4-6,13-14,16-17H,7-12H2,1-3H3,(H2,27,36)(H,30,32). The van der Waals surface area contributed by atoms with Crippen LogP contribution >= 0.6 is 0 Å². The summed E-state index contributed by atoms with van der Waals surface area (Å²) >= 11 is 0. The van der Waals surface area contributed by atoms with Crippen LogP contribution in [-0.2, 0) is 7.05 Å². The number of hydrogen-bond donors (Lipinski definition) is 2. The lowest BCUT2D eigenvalue weighted by atomic mass is 10.0. The number of hydrogen-bond acceptors (Lipinski definition) is 7. The molecule has 3 aromatic heterocycles. The number of likely N-dealkylation sites (tertiary alicyclic amines) is 1. The summed E-state index contributed by atoms with van der Waals surface area (Å²) in [7, 11) is 4.11. The van der Waals surface area contributed by atoms with Crippen LogP contribution in [0.5, 0.6) is 0 Å². The van der Waals surface area contributed by atoms with E-state index in [1.807, 2.05) is 36.7 Å². The van der Waals surface area contributed by atoms with Crippen molar-refractivity contribution < 1.29 is 4.79 Å². The van der Waals surface area contributed by atoms with Crippen LogP contribution in [0.3, 0.4) is 0 Å². The molecule has 1 aliphatic heterocycles. The van der Waals surface area contributed by atoms with E-state index >= 15 is 0 Å². The Morgan fingerprint density at radius 1 is 1.11 bits per heavy atom. The molecule has 1 aromatic carbocycles. The molecular weight excluding hydrogens is 454 g/mol. The number of imidazole rings is 1. The molecule has 0 spiro atoms. The van der Waals surface area contributed by atoms with Gasteiger partial charge < -0.3 is 20.5 Å². The van der Waals surface area contributed by atoms with Crippen LogP contribution in [0.25, 0.3) is 22.3 Å². The van der Waals surface area contributed by atoms with Crippen molar-refractivity contribution >= 4 is 28.4 Å². The predicted molar refractivity (Wildman–Crippen MR) is 138 cm³/mol. The minimum atomic E-state index is -0.623. The Labute approximate surface area is 209 Å². The van der Waals surface area contributed by atoms with Crippen molar-refractivity contribution in [1.82, 2.24) is 34.2 Å². The molecule has 6 rings (SSSR count). The third-order valence-corrected chi connectivity index (χ3v) is 7.46. The fourth-order valence-electron chi connectivity index (χ4n) is 5.18. The first-order valence-corrected chi connectivity index (χ1v) is 12.5. The maximum Gasteiger partial charge on any atom is 0.271 e. The Morgan fingerprint density at radius 2 is 1.89 bits per heavy atom. The van der Waals surface area contributed by atoms with Gasteiger partial charge in [-0.05, 0) is 58.8 Å². The average molecular weight is 486 g/mol. The number of benzene rings is 1. The lowest BCUT2D eigenvalue weighted by Gasteiger charge is -2.29. The average Bonchev–Trinajstić information content (AvgIpc) is 3.57. The smallest absolute Gasteiger partial charge is 0.271 e. The molecule has 0 unspecified atom stereocenters. The number of para-hydroxylation sites is 1. The van der Waals surface area contributed by atoms with E-state index in [0.717, 1.165) is 72.4 Å². The minimum absolute atomic E-state index is 0.119. The van der Waals surface area contributed by atoms with Crippen molar-refractivity contribution in [2.75, 3.05) is 25.5 Å². The van der Waals surface area contributed by atoms with Gasteiger partial charge in [0.1, 0.15) is 0 Å². The largest absolute Gasteiger partial charge is 0.364 e. The summed E-state index contributed by atoms with van der Waals surface area (Å²) in [5, 5.41) is 8.01. The number of anilines is 2. The van der Waals surface area contributed by atoms with Crippen molar-refractivity contribution in [3.8, 4) is 11.3 Å². The highest BCUT2D eigenvalue weighted by Crippen LogP contribution is 2.44. The first-order chi connectivity index (χ1) is 17.4. The molecule has 0 atom stereocenters. The zero-order valence-electron chi connectivity index (χ0n) is 20.9. The Morgan fingerprint density at radius 3 is 2.61 bits per heavy atom. The van der Waals surface area contributed by atoms with E-state index in [1.54, 1.807) is 12.5 Å². The summed E-state index contributed by atoms with van der Waals surface area (Å²) < 4.78 is 4.06. The molecule has 4 heterocycles. The number of nitrogens with one attached hydrogen (secondary N) is 1. The number of primary amides is 1. The second kappa shape index (κ2) is 8.70. The summed E-state index contributed by atoms with van der Waals surface area (Å²) in [5.74, 6) is 0.0616. The second-order valence-corrected chi connectivity index (χ2v) is 10.1. The molecule has 10 heteroatoms. The van der Waals surface area contributed by atoms with Crippen LogP contribution in [0, 0.1) is 6.92 Å². The molecular formula is C26H31N9O. The van der Waals surface area contributed by atoms with Crippen molar-refractivity contribution in [3.63, 3.8) is 0 Å². The van der Waals surface area contributed by atoms with Crippen molar-refractivity contribution in [3.05, 3.63) is 47.8 Å².